The largest absolute Gasteiger partial charge is 0.497 e. The van der Waals surface area contributed by atoms with E-state index in [1.165, 1.54) is 13.1 Å². The summed E-state index contributed by atoms with van der Waals surface area (Å²) in [6, 6.07) is 18.2. The zero-order valence-corrected chi connectivity index (χ0v) is 17.8. The van der Waals surface area contributed by atoms with E-state index in [2.05, 4.69) is 21.8 Å². The van der Waals surface area contributed by atoms with E-state index in [-0.39, 0.29) is 6.61 Å². The maximum atomic E-state index is 12.4. The molecule has 1 atom stereocenters. The lowest BCUT2D eigenvalue weighted by Crippen LogP contribution is -2.34. The molecular formula is C25H23N3O4. The Labute approximate surface area is 186 Å². The van der Waals surface area contributed by atoms with Crippen molar-refractivity contribution < 1.29 is 19.1 Å². The molecule has 0 aliphatic heterocycles. The minimum absolute atomic E-state index is 0.105. The fraction of sp³-hybridized carbons (Fsp3) is 0.160. The highest BCUT2D eigenvalue weighted by molar-refractivity contribution is 6.07. The maximum absolute atomic E-state index is 12.4. The first-order valence-electron chi connectivity index (χ1n) is 9.89. The first kappa shape index (κ1) is 22.4. The third kappa shape index (κ3) is 5.43. The number of ether oxygens (including phenoxy) is 2. The molecule has 1 unspecified atom stereocenters. The SMILES string of the molecule is C#CCOc1ccc2ccccc2c1C=NNC(=O)C(C)C(=O)Nc1ccc(OC)cc1. The van der Waals surface area contributed by atoms with Crippen molar-refractivity contribution in [2.24, 2.45) is 11.0 Å². The molecule has 0 bridgehead atoms. The predicted molar refractivity (Wildman–Crippen MR) is 125 cm³/mol. The number of anilines is 1. The molecule has 0 radical (unpaired) electrons. The van der Waals surface area contributed by atoms with Gasteiger partial charge in [0.25, 0.3) is 5.91 Å². The van der Waals surface area contributed by atoms with Gasteiger partial charge < -0.3 is 14.8 Å². The molecular weight excluding hydrogens is 406 g/mol. The zero-order valence-electron chi connectivity index (χ0n) is 17.8. The maximum Gasteiger partial charge on any atom is 0.252 e. The molecule has 32 heavy (non-hydrogen) atoms. The van der Waals surface area contributed by atoms with E-state index in [1.54, 1.807) is 37.4 Å². The van der Waals surface area contributed by atoms with Crippen molar-refractivity contribution in [3.63, 3.8) is 0 Å². The molecule has 0 saturated carbocycles. The molecule has 7 heteroatoms. The summed E-state index contributed by atoms with van der Waals surface area (Å²) in [6.45, 7) is 1.61. The second kappa shape index (κ2) is 10.6. The number of fused-ring (bicyclic) bond motifs is 1. The van der Waals surface area contributed by atoms with Crippen LogP contribution in [0.5, 0.6) is 11.5 Å². The number of terminal acetylenes is 1. The van der Waals surface area contributed by atoms with Crippen molar-refractivity contribution >= 4 is 34.5 Å². The molecule has 0 aliphatic carbocycles. The number of hydrogen-bond donors (Lipinski definition) is 2. The third-order valence-electron chi connectivity index (χ3n) is 4.75. The number of carbonyl (C=O) groups excluding carboxylic acids is 2. The lowest BCUT2D eigenvalue weighted by atomic mass is 10.0. The summed E-state index contributed by atoms with van der Waals surface area (Å²) >= 11 is 0. The number of nitrogens with zero attached hydrogens (tertiary/aromatic N) is 1. The van der Waals surface area contributed by atoms with E-state index in [0.717, 1.165) is 10.8 Å². The molecule has 0 fully saturated rings. The Kier molecular flexibility index (Phi) is 7.44. The van der Waals surface area contributed by atoms with Gasteiger partial charge in [-0.25, -0.2) is 5.43 Å². The Morgan fingerprint density at radius 3 is 2.56 bits per heavy atom. The number of nitrogens with one attached hydrogen (secondary N) is 2. The van der Waals surface area contributed by atoms with Gasteiger partial charge in [-0.15, -0.1) is 6.42 Å². The van der Waals surface area contributed by atoms with E-state index in [1.807, 2.05) is 30.3 Å². The zero-order chi connectivity index (χ0) is 22.9. The summed E-state index contributed by atoms with van der Waals surface area (Å²) in [4.78, 5) is 24.8. The van der Waals surface area contributed by atoms with E-state index in [0.29, 0.717) is 22.7 Å². The quantitative estimate of drug-likeness (QED) is 0.248. The summed E-state index contributed by atoms with van der Waals surface area (Å²) in [5.74, 6) is 1.69. The van der Waals surface area contributed by atoms with Crippen molar-refractivity contribution in [3.05, 3.63) is 66.2 Å². The Hall–Kier alpha value is -4.31. The van der Waals surface area contributed by atoms with Crippen LogP contribution < -0.4 is 20.2 Å². The molecule has 3 rings (SSSR count). The molecule has 0 heterocycles. The highest BCUT2D eigenvalue weighted by atomic mass is 16.5. The van der Waals surface area contributed by atoms with E-state index >= 15 is 0 Å². The Bertz CT molecular complexity index is 1180. The Morgan fingerprint density at radius 2 is 1.84 bits per heavy atom. The number of rotatable bonds is 8. The fourth-order valence-electron chi connectivity index (χ4n) is 2.96. The second-order valence-corrected chi connectivity index (χ2v) is 6.87. The topological polar surface area (TPSA) is 89.0 Å². The van der Waals surface area contributed by atoms with Crippen LogP contribution in [-0.4, -0.2) is 31.7 Å². The number of amides is 2. The highest BCUT2D eigenvalue weighted by Crippen LogP contribution is 2.26. The Balaban J connectivity index is 1.69. The molecule has 2 amide bonds. The van der Waals surface area contributed by atoms with Gasteiger partial charge in [-0.3, -0.25) is 9.59 Å². The molecule has 3 aromatic carbocycles. The first-order chi connectivity index (χ1) is 15.5. The minimum atomic E-state index is -0.959. The molecule has 3 aromatic rings. The van der Waals surface area contributed by atoms with Crippen LogP contribution in [0, 0.1) is 18.3 Å². The van der Waals surface area contributed by atoms with Gasteiger partial charge in [0.05, 0.1) is 13.3 Å². The van der Waals surface area contributed by atoms with Crippen molar-refractivity contribution in [1.82, 2.24) is 5.43 Å². The highest BCUT2D eigenvalue weighted by Gasteiger charge is 2.21. The van der Waals surface area contributed by atoms with Crippen LogP contribution in [0.1, 0.15) is 12.5 Å². The molecule has 0 spiro atoms. The van der Waals surface area contributed by atoms with Crippen LogP contribution in [0.4, 0.5) is 5.69 Å². The van der Waals surface area contributed by atoms with Crippen LogP contribution in [0.25, 0.3) is 10.8 Å². The molecule has 162 valence electrons. The van der Waals surface area contributed by atoms with Crippen molar-refractivity contribution in [2.75, 3.05) is 19.0 Å². The van der Waals surface area contributed by atoms with Crippen LogP contribution in [0.15, 0.2) is 65.8 Å². The summed E-state index contributed by atoms with van der Waals surface area (Å²) in [7, 11) is 1.56. The van der Waals surface area contributed by atoms with Crippen molar-refractivity contribution in [2.45, 2.75) is 6.92 Å². The monoisotopic (exact) mass is 429 g/mol. The molecule has 0 aromatic heterocycles. The number of hydrogen-bond acceptors (Lipinski definition) is 5. The first-order valence-corrected chi connectivity index (χ1v) is 9.89. The van der Waals surface area contributed by atoms with Gasteiger partial charge in [0.1, 0.15) is 24.0 Å². The van der Waals surface area contributed by atoms with Crippen molar-refractivity contribution in [1.29, 1.82) is 0 Å². The van der Waals surface area contributed by atoms with E-state index < -0.39 is 17.7 Å². The number of benzene rings is 3. The number of hydrazone groups is 1. The van der Waals surface area contributed by atoms with Crippen LogP contribution in [0.3, 0.4) is 0 Å². The average Bonchev–Trinajstić information content (AvgIpc) is 2.83. The lowest BCUT2D eigenvalue weighted by Gasteiger charge is -2.12. The predicted octanol–water partition coefficient (Wildman–Crippen LogP) is 3.59. The minimum Gasteiger partial charge on any atom is -0.497 e. The van der Waals surface area contributed by atoms with Crippen molar-refractivity contribution in [3.8, 4) is 23.8 Å². The average molecular weight is 429 g/mol. The summed E-state index contributed by atoms with van der Waals surface area (Å²) < 4.78 is 10.7. The molecule has 0 aliphatic rings. The normalized spacial score (nSPS) is 11.5. The summed E-state index contributed by atoms with van der Waals surface area (Å²) in [5, 5.41) is 8.61. The summed E-state index contributed by atoms with van der Waals surface area (Å²) in [5.41, 5.74) is 3.65. The van der Waals surface area contributed by atoms with E-state index in [4.69, 9.17) is 15.9 Å². The molecule has 0 saturated heterocycles. The van der Waals surface area contributed by atoms with Gasteiger partial charge in [-0.1, -0.05) is 36.3 Å². The molecule has 7 nitrogen and oxygen atoms in total. The standard InChI is InChI=1S/C25H23N3O4/c1-4-15-32-23-14-9-18-7-5-6-8-21(18)22(23)16-26-28-25(30)17(2)24(29)27-19-10-12-20(31-3)13-11-19/h1,5-14,16-17H,15H2,2-3H3,(H,27,29)(H,28,30). The van der Waals surface area contributed by atoms with Gasteiger partial charge in [-0.05, 0) is 48.0 Å². The van der Waals surface area contributed by atoms with E-state index in [9.17, 15) is 9.59 Å². The smallest absolute Gasteiger partial charge is 0.252 e. The van der Waals surface area contributed by atoms with Crippen LogP contribution >= 0.6 is 0 Å². The van der Waals surface area contributed by atoms with Crippen LogP contribution in [-0.2, 0) is 9.59 Å². The number of carbonyl (C=O) groups is 2. The van der Waals surface area contributed by atoms with Gasteiger partial charge in [0, 0.05) is 11.3 Å². The van der Waals surface area contributed by atoms with Gasteiger partial charge in [-0.2, -0.15) is 5.10 Å². The Morgan fingerprint density at radius 1 is 1.09 bits per heavy atom. The fourth-order valence-corrected chi connectivity index (χ4v) is 2.96. The van der Waals surface area contributed by atoms with Crippen LogP contribution in [0.2, 0.25) is 0 Å². The van der Waals surface area contributed by atoms with Gasteiger partial charge in [0.2, 0.25) is 5.91 Å². The second-order valence-electron chi connectivity index (χ2n) is 6.87. The molecule has 2 N–H and O–H groups in total. The summed E-state index contributed by atoms with van der Waals surface area (Å²) in [6.07, 6.45) is 6.79. The lowest BCUT2D eigenvalue weighted by molar-refractivity contribution is -0.131. The number of methoxy groups -OCH3 is 1. The third-order valence-corrected chi connectivity index (χ3v) is 4.75. The van der Waals surface area contributed by atoms with Gasteiger partial charge in [0.15, 0.2) is 0 Å². The van der Waals surface area contributed by atoms with Gasteiger partial charge >= 0.3 is 0 Å².